The van der Waals surface area contributed by atoms with E-state index in [-0.39, 0.29) is 0 Å². The van der Waals surface area contributed by atoms with E-state index in [1.54, 1.807) is 24.3 Å². The first-order chi connectivity index (χ1) is 9.44. The molecule has 0 atom stereocenters. The predicted molar refractivity (Wildman–Crippen MR) is 95.5 cm³/mol. The summed E-state index contributed by atoms with van der Waals surface area (Å²) in [5.41, 5.74) is 1.49. The molecule has 0 unspecified atom stereocenters. The summed E-state index contributed by atoms with van der Waals surface area (Å²) in [4.78, 5) is 0. The van der Waals surface area contributed by atoms with Gasteiger partial charge in [0, 0.05) is 25.9 Å². The predicted octanol–water partition coefficient (Wildman–Crippen LogP) is 6.22. The molecule has 2 aromatic carbocycles. The summed E-state index contributed by atoms with van der Waals surface area (Å²) in [5, 5.41) is 8.12. The highest BCUT2D eigenvalue weighted by Crippen LogP contribution is 2.26. The van der Waals surface area contributed by atoms with Crippen LogP contribution in [0.25, 0.3) is 0 Å². The van der Waals surface area contributed by atoms with E-state index in [0.29, 0.717) is 25.9 Å². The van der Waals surface area contributed by atoms with E-state index in [2.05, 4.69) is 26.6 Å². The Morgan fingerprint density at radius 1 is 0.900 bits per heavy atom. The lowest BCUT2D eigenvalue weighted by atomic mass is 10.3. The number of benzene rings is 2. The minimum absolute atomic E-state index is 0.418. The van der Waals surface area contributed by atoms with Gasteiger partial charge in [-0.1, -0.05) is 34.8 Å². The smallest absolute Gasteiger partial charge is 0.175 e. The summed E-state index contributed by atoms with van der Waals surface area (Å²) in [6.45, 7) is 0. The van der Waals surface area contributed by atoms with Crippen molar-refractivity contribution in [3.05, 3.63) is 55.9 Å². The van der Waals surface area contributed by atoms with Crippen molar-refractivity contribution in [3.63, 3.8) is 0 Å². The molecule has 0 radical (unpaired) electrons. The van der Waals surface area contributed by atoms with Gasteiger partial charge in [0.25, 0.3) is 0 Å². The topological polar surface area (TPSA) is 24.1 Å². The van der Waals surface area contributed by atoms with Crippen LogP contribution in [0.1, 0.15) is 0 Å². The summed E-state index contributed by atoms with van der Waals surface area (Å²) in [5.74, 6) is 0. The van der Waals surface area contributed by atoms with Gasteiger partial charge in [-0.15, -0.1) is 0 Å². The van der Waals surface area contributed by atoms with E-state index in [1.807, 2.05) is 12.1 Å². The van der Waals surface area contributed by atoms with Crippen LogP contribution in [0, 0.1) is 0 Å². The van der Waals surface area contributed by atoms with Crippen LogP contribution >= 0.6 is 63.0 Å². The Morgan fingerprint density at radius 2 is 1.50 bits per heavy atom. The normalized spacial score (nSPS) is 10.2. The van der Waals surface area contributed by atoms with Crippen molar-refractivity contribution in [2.75, 3.05) is 10.6 Å². The van der Waals surface area contributed by atoms with E-state index >= 15 is 0 Å². The van der Waals surface area contributed by atoms with Crippen molar-refractivity contribution in [1.82, 2.24) is 0 Å². The summed E-state index contributed by atoms with van der Waals surface area (Å²) in [7, 11) is 0. The second-order valence-corrected chi connectivity index (χ2v) is 6.41. The molecule has 0 aliphatic carbocycles. The molecular formula is C13H8BrCl3N2S. The highest BCUT2D eigenvalue weighted by molar-refractivity contribution is 9.10. The Hall–Kier alpha value is -0.520. The average Bonchev–Trinajstić information content (AvgIpc) is 2.32. The maximum Gasteiger partial charge on any atom is 0.175 e. The van der Waals surface area contributed by atoms with Gasteiger partial charge in [-0.05, 0) is 64.5 Å². The maximum atomic E-state index is 6.01. The Bertz CT molecular complexity index is 644. The first-order valence-corrected chi connectivity index (χ1v) is 7.77. The van der Waals surface area contributed by atoms with Gasteiger partial charge in [-0.3, -0.25) is 0 Å². The molecule has 0 aliphatic rings. The van der Waals surface area contributed by atoms with Crippen molar-refractivity contribution in [3.8, 4) is 0 Å². The molecule has 0 aromatic heterocycles. The van der Waals surface area contributed by atoms with E-state index in [1.165, 1.54) is 0 Å². The average molecular weight is 411 g/mol. The number of hydrogen-bond acceptors (Lipinski definition) is 1. The quantitative estimate of drug-likeness (QED) is 0.575. The molecule has 0 fully saturated rings. The molecule has 0 aliphatic heterocycles. The van der Waals surface area contributed by atoms with Crippen LogP contribution in [0.3, 0.4) is 0 Å². The van der Waals surface area contributed by atoms with E-state index in [0.717, 1.165) is 10.2 Å². The molecule has 2 nitrogen and oxygen atoms in total. The van der Waals surface area contributed by atoms with Crippen molar-refractivity contribution in [2.45, 2.75) is 0 Å². The second kappa shape index (κ2) is 6.96. The van der Waals surface area contributed by atoms with Gasteiger partial charge in [-0.25, -0.2) is 0 Å². The summed E-state index contributed by atoms with van der Waals surface area (Å²) in [6.07, 6.45) is 0. The summed E-state index contributed by atoms with van der Waals surface area (Å²) >= 11 is 26.4. The standard InChI is InChI=1S/C13H8BrCl3N2S/c14-11-2-1-9(6-12(11)17)18-13(20)19-10-4-7(15)3-8(16)5-10/h1-6H,(H2,18,19,20). The second-order valence-electron chi connectivity index (χ2n) is 3.87. The summed E-state index contributed by atoms with van der Waals surface area (Å²) in [6, 6.07) is 10.6. The SMILES string of the molecule is S=C(Nc1cc(Cl)cc(Cl)c1)Nc1ccc(Br)c(Cl)c1. The largest absolute Gasteiger partial charge is 0.332 e. The number of halogens is 4. The van der Waals surface area contributed by atoms with Gasteiger partial charge in [0.15, 0.2) is 5.11 Å². The lowest BCUT2D eigenvalue weighted by Gasteiger charge is -2.11. The molecule has 104 valence electrons. The van der Waals surface area contributed by atoms with E-state index in [4.69, 9.17) is 47.0 Å². The first-order valence-electron chi connectivity index (χ1n) is 5.43. The number of nitrogens with one attached hydrogen (secondary N) is 2. The number of thiocarbonyl (C=S) groups is 1. The third kappa shape index (κ3) is 4.50. The molecule has 0 heterocycles. The third-order valence-electron chi connectivity index (χ3n) is 2.30. The Labute approximate surface area is 145 Å². The van der Waals surface area contributed by atoms with Gasteiger partial charge in [0.2, 0.25) is 0 Å². The van der Waals surface area contributed by atoms with Crippen molar-refractivity contribution in [1.29, 1.82) is 0 Å². The Morgan fingerprint density at radius 3 is 2.10 bits per heavy atom. The molecule has 20 heavy (non-hydrogen) atoms. The van der Waals surface area contributed by atoms with Crippen LogP contribution in [-0.2, 0) is 0 Å². The van der Waals surface area contributed by atoms with Crippen LogP contribution in [0.4, 0.5) is 11.4 Å². The van der Waals surface area contributed by atoms with Crippen LogP contribution in [0.2, 0.25) is 15.1 Å². The van der Waals surface area contributed by atoms with E-state index in [9.17, 15) is 0 Å². The zero-order valence-corrected chi connectivity index (χ0v) is 14.6. The van der Waals surface area contributed by atoms with Gasteiger partial charge in [0.05, 0.1) is 5.02 Å². The fourth-order valence-electron chi connectivity index (χ4n) is 1.49. The monoisotopic (exact) mass is 408 g/mol. The van der Waals surface area contributed by atoms with Crippen molar-refractivity contribution < 1.29 is 0 Å². The first kappa shape index (κ1) is 15.9. The number of anilines is 2. The van der Waals surface area contributed by atoms with E-state index < -0.39 is 0 Å². The highest BCUT2D eigenvalue weighted by Gasteiger charge is 2.03. The van der Waals surface area contributed by atoms with Crippen molar-refractivity contribution >= 4 is 79.4 Å². The Balaban J connectivity index is 2.06. The highest BCUT2D eigenvalue weighted by atomic mass is 79.9. The van der Waals surface area contributed by atoms with Crippen LogP contribution in [-0.4, -0.2) is 5.11 Å². The molecule has 0 spiro atoms. The lowest BCUT2D eigenvalue weighted by molar-refractivity contribution is 1.58. The van der Waals surface area contributed by atoms with Crippen LogP contribution in [0.5, 0.6) is 0 Å². The fraction of sp³-hybridized carbons (Fsp3) is 0. The zero-order valence-electron chi connectivity index (χ0n) is 9.88. The molecule has 2 rings (SSSR count). The van der Waals surface area contributed by atoms with Gasteiger partial charge in [-0.2, -0.15) is 0 Å². The summed E-state index contributed by atoms with van der Waals surface area (Å²) < 4.78 is 0.824. The van der Waals surface area contributed by atoms with Gasteiger partial charge in [0.1, 0.15) is 0 Å². The molecule has 7 heteroatoms. The minimum Gasteiger partial charge on any atom is -0.332 e. The van der Waals surface area contributed by atoms with Crippen LogP contribution < -0.4 is 10.6 Å². The molecule has 0 amide bonds. The molecule has 0 saturated carbocycles. The Kier molecular flexibility index (Phi) is 5.52. The maximum absolute atomic E-state index is 6.01. The fourth-order valence-corrected chi connectivity index (χ4v) is 2.68. The molecule has 0 bridgehead atoms. The van der Waals surface area contributed by atoms with Crippen molar-refractivity contribution in [2.24, 2.45) is 0 Å². The third-order valence-corrected chi connectivity index (χ3v) is 4.17. The number of hydrogen-bond donors (Lipinski definition) is 2. The number of rotatable bonds is 2. The minimum atomic E-state index is 0.418. The molecule has 2 aromatic rings. The van der Waals surface area contributed by atoms with Crippen LogP contribution in [0.15, 0.2) is 40.9 Å². The van der Waals surface area contributed by atoms with Gasteiger partial charge < -0.3 is 10.6 Å². The molecular weight excluding hydrogens is 402 g/mol. The zero-order chi connectivity index (χ0) is 14.7. The molecule has 0 saturated heterocycles. The lowest BCUT2D eigenvalue weighted by Crippen LogP contribution is -2.19. The van der Waals surface area contributed by atoms with Gasteiger partial charge >= 0.3 is 0 Å². The molecule has 2 N–H and O–H groups in total.